The number of halogens is 3. The van der Waals surface area contributed by atoms with Crippen LogP contribution in [0.1, 0.15) is 16.8 Å². The minimum Gasteiger partial charge on any atom is -0.445 e. The Kier molecular flexibility index (Phi) is 7.85. The summed E-state index contributed by atoms with van der Waals surface area (Å²) < 4.78 is 60.7. The minimum absolute atomic E-state index is 0.0351. The fourth-order valence-corrected chi connectivity index (χ4v) is 5.02. The van der Waals surface area contributed by atoms with E-state index in [1.165, 1.54) is 31.2 Å². The Hall–Kier alpha value is -3.82. The second kappa shape index (κ2) is 11.1. The Bertz CT molecular complexity index is 1550. The van der Waals surface area contributed by atoms with Crippen molar-refractivity contribution in [1.29, 1.82) is 0 Å². The molecule has 0 unspecified atom stereocenters. The number of pyridine rings is 1. The van der Waals surface area contributed by atoms with E-state index in [4.69, 9.17) is 16.3 Å². The molecule has 1 N–H and O–H groups in total. The van der Waals surface area contributed by atoms with E-state index in [0.29, 0.717) is 5.02 Å². The first kappa shape index (κ1) is 26.2. The van der Waals surface area contributed by atoms with Gasteiger partial charge in [-0.15, -0.1) is 0 Å². The summed E-state index contributed by atoms with van der Waals surface area (Å²) >= 11 is 5.87. The highest BCUT2D eigenvalue weighted by Gasteiger charge is 2.24. The number of alkyl carbamates (subject to hydrolysis) is 1. The molecule has 0 bridgehead atoms. The van der Waals surface area contributed by atoms with Gasteiger partial charge < -0.3 is 10.1 Å². The molecule has 4 rings (SSSR count). The number of aromatic nitrogens is 1. The molecule has 0 saturated carbocycles. The van der Waals surface area contributed by atoms with E-state index in [2.05, 4.69) is 10.3 Å². The number of ether oxygens (including phenoxy) is 1. The van der Waals surface area contributed by atoms with Crippen LogP contribution >= 0.6 is 11.6 Å². The molecule has 0 aliphatic rings. The molecule has 1 aromatic heterocycles. The largest absolute Gasteiger partial charge is 0.445 e. The maximum absolute atomic E-state index is 14.8. The van der Waals surface area contributed by atoms with Crippen molar-refractivity contribution in [3.8, 4) is 11.1 Å². The number of amides is 1. The first-order valence-electron chi connectivity index (χ1n) is 11.1. The Morgan fingerprint density at radius 3 is 2.38 bits per heavy atom. The van der Waals surface area contributed by atoms with Crippen LogP contribution < -0.4 is 5.32 Å². The molecule has 0 saturated heterocycles. The van der Waals surface area contributed by atoms with Gasteiger partial charge in [-0.25, -0.2) is 27.0 Å². The number of rotatable bonds is 7. The molecule has 0 atom stereocenters. The minimum atomic E-state index is -4.13. The zero-order valence-electron chi connectivity index (χ0n) is 19.5. The predicted molar refractivity (Wildman–Crippen MR) is 135 cm³/mol. The third kappa shape index (κ3) is 6.12. The van der Waals surface area contributed by atoms with E-state index in [0.717, 1.165) is 29.8 Å². The molecule has 1 heterocycles. The summed E-state index contributed by atoms with van der Waals surface area (Å²) in [6.07, 6.45) is -0.744. The summed E-state index contributed by atoms with van der Waals surface area (Å²) in [7, 11) is -4.13. The third-order valence-corrected chi connectivity index (χ3v) is 7.46. The van der Waals surface area contributed by atoms with Gasteiger partial charge in [0.2, 0.25) is 9.84 Å². The molecule has 190 valence electrons. The molecule has 0 fully saturated rings. The molecule has 3 aromatic carbocycles. The molecular weight excluding hydrogens is 522 g/mol. The molecule has 37 heavy (non-hydrogen) atoms. The lowest BCUT2D eigenvalue weighted by atomic mass is 9.99. The predicted octanol–water partition coefficient (Wildman–Crippen LogP) is 6.25. The highest BCUT2D eigenvalue weighted by Crippen LogP contribution is 2.33. The van der Waals surface area contributed by atoms with Gasteiger partial charge in [0.15, 0.2) is 5.03 Å². The number of benzene rings is 3. The molecule has 4 aromatic rings. The maximum atomic E-state index is 14.8. The number of hydrogen-bond donors (Lipinski definition) is 1. The Morgan fingerprint density at radius 1 is 0.973 bits per heavy atom. The smallest absolute Gasteiger partial charge is 0.407 e. The first-order chi connectivity index (χ1) is 17.6. The SMILES string of the molecule is Cc1nc(S(=O)(=O)c2ccc(Cl)cc2)cc(-c2cc(F)ccc2F)c1COC(=O)NCc1ccccc1. The van der Waals surface area contributed by atoms with Crippen LogP contribution in [0.3, 0.4) is 0 Å². The van der Waals surface area contributed by atoms with Gasteiger partial charge in [0, 0.05) is 28.4 Å². The zero-order valence-corrected chi connectivity index (χ0v) is 21.1. The summed E-state index contributed by atoms with van der Waals surface area (Å²) in [5, 5.41) is 2.59. The van der Waals surface area contributed by atoms with Crippen LogP contribution in [-0.4, -0.2) is 19.5 Å². The maximum Gasteiger partial charge on any atom is 0.407 e. The van der Waals surface area contributed by atoms with E-state index in [9.17, 15) is 22.0 Å². The van der Waals surface area contributed by atoms with Crippen LogP contribution in [-0.2, 0) is 27.7 Å². The molecule has 6 nitrogen and oxygen atoms in total. The lowest BCUT2D eigenvalue weighted by molar-refractivity contribution is 0.139. The molecule has 0 spiro atoms. The van der Waals surface area contributed by atoms with Crippen LogP contribution in [0.15, 0.2) is 88.8 Å². The molecule has 0 radical (unpaired) electrons. The fourth-order valence-electron chi connectivity index (χ4n) is 3.63. The summed E-state index contributed by atoms with van der Waals surface area (Å²) in [4.78, 5) is 16.4. The van der Waals surface area contributed by atoms with Crippen molar-refractivity contribution in [1.82, 2.24) is 10.3 Å². The average Bonchev–Trinajstić information content (AvgIpc) is 2.88. The molecule has 10 heteroatoms. The van der Waals surface area contributed by atoms with Crippen molar-refractivity contribution in [2.75, 3.05) is 0 Å². The quantitative estimate of drug-likeness (QED) is 0.298. The lowest BCUT2D eigenvalue weighted by Gasteiger charge is -2.16. The molecule has 1 amide bonds. The second-order valence-corrected chi connectivity index (χ2v) is 10.4. The summed E-state index contributed by atoms with van der Waals surface area (Å²) in [6, 6.07) is 18.6. The van der Waals surface area contributed by atoms with Crippen molar-refractivity contribution < 1.29 is 26.7 Å². The lowest BCUT2D eigenvalue weighted by Crippen LogP contribution is -2.24. The van der Waals surface area contributed by atoms with E-state index < -0.39 is 27.6 Å². The second-order valence-electron chi connectivity index (χ2n) is 8.07. The van der Waals surface area contributed by atoms with Crippen molar-refractivity contribution in [2.24, 2.45) is 0 Å². The number of carbonyl (C=O) groups excluding carboxylic acids is 1. The van der Waals surface area contributed by atoms with E-state index >= 15 is 0 Å². The number of nitrogens with zero attached hydrogens (tertiary/aromatic N) is 1. The number of hydrogen-bond acceptors (Lipinski definition) is 5. The van der Waals surface area contributed by atoms with Crippen LogP contribution in [0.2, 0.25) is 5.02 Å². The number of sulfone groups is 1. The van der Waals surface area contributed by atoms with E-state index in [1.807, 2.05) is 30.3 Å². The van der Waals surface area contributed by atoms with Crippen molar-refractivity contribution in [2.45, 2.75) is 30.0 Å². The molecule has 0 aliphatic heterocycles. The Labute approximate surface area is 217 Å². The van der Waals surface area contributed by atoms with Crippen molar-refractivity contribution >= 4 is 27.5 Å². The normalized spacial score (nSPS) is 11.2. The molecular formula is C27H21ClF2N2O4S. The highest BCUT2D eigenvalue weighted by molar-refractivity contribution is 7.91. The van der Waals surface area contributed by atoms with E-state index in [-0.39, 0.29) is 45.5 Å². The van der Waals surface area contributed by atoms with Gasteiger partial charge in [-0.3, -0.25) is 0 Å². The summed E-state index contributed by atoms with van der Waals surface area (Å²) in [5.74, 6) is -1.50. The third-order valence-electron chi connectivity index (χ3n) is 5.55. The van der Waals surface area contributed by atoms with Crippen molar-refractivity contribution in [3.63, 3.8) is 0 Å². The monoisotopic (exact) mass is 542 g/mol. The standard InChI is InChI=1S/C27H21ClF2N2O4S/c1-17-24(16-36-27(33)31-15-18-5-3-2-4-6-18)22(23-13-20(29)9-12-25(23)30)14-26(32-17)37(34,35)21-10-7-19(28)8-11-21/h2-14H,15-16H2,1H3,(H,31,33). The van der Waals surface area contributed by atoms with Gasteiger partial charge >= 0.3 is 6.09 Å². The number of aryl methyl sites for hydroxylation is 1. The van der Waals surface area contributed by atoms with Crippen molar-refractivity contribution in [3.05, 3.63) is 112 Å². The van der Waals surface area contributed by atoms with Crippen LogP contribution in [0.4, 0.5) is 13.6 Å². The average molecular weight is 543 g/mol. The van der Waals surface area contributed by atoms with Crippen LogP contribution in [0, 0.1) is 18.6 Å². The topological polar surface area (TPSA) is 85.4 Å². The van der Waals surface area contributed by atoms with Gasteiger partial charge in [0.05, 0.1) is 4.90 Å². The fraction of sp³-hybridized carbons (Fsp3) is 0.111. The van der Waals surface area contributed by atoms with Gasteiger partial charge in [-0.2, -0.15) is 0 Å². The first-order valence-corrected chi connectivity index (χ1v) is 12.9. The van der Waals surface area contributed by atoms with Gasteiger partial charge in [-0.05, 0) is 66.6 Å². The van der Waals surface area contributed by atoms with Crippen LogP contribution in [0.5, 0.6) is 0 Å². The summed E-state index contributed by atoms with van der Waals surface area (Å²) in [5.41, 5.74) is 1.10. The van der Waals surface area contributed by atoms with Crippen LogP contribution in [0.25, 0.3) is 11.1 Å². The van der Waals surface area contributed by atoms with Gasteiger partial charge in [0.25, 0.3) is 0 Å². The summed E-state index contributed by atoms with van der Waals surface area (Å²) in [6.45, 7) is 1.37. The zero-order chi connectivity index (χ0) is 26.6. The number of carbonyl (C=O) groups is 1. The molecule has 0 aliphatic carbocycles. The van der Waals surface area contributed by atoms with Gasteiger partial charge in [0.1, 0.15) is 18.2 Å². The van der Waals surface area contributed by atoms with Gasteiger partial charge in [-0.1, -0.05) is 41.9 Å². The highest BCUT2D eigenvalue weighted by atomic mass is 35.5. The Morgan fingerprint density at radius 2 is 1.68 bits per heavy atom. The van der Waals surface area contributed by atoms with E-state index in [1.54, 1.807) is 0 Å². The Balaban J connectivity index is 1.70. The number of nitrogens with one attached hydrogen (secondary N) is 1.